The smallest absolute Gasteiger partial charge is 0.387 e. The van der Waals surface area contributed by atoms with Gasteiger partial charge < -0.3 is 24.4 Å². The van der Waals surface area contributed by atoms with Gasteiger partial charge >= 0.3 is 6.61 Å². The molecular formula is C23H21F4N3O5. The largest absolute Gasteiger partial charge is 0.488 e. The average molecular weight is 495 g/mol. The number of nitrogens with zero attached hydrogens (tertiary/aromatic N) is 2. The molecule has 0 radical (unpaired) electrons. The molecule has 2 amide bonds. The number of hydrogen-bond acceptors (Lipinski definition) is 6. The molecule has 1 fully saturated rings. The first-order chi connectivity index (χ1) is 16.8. The van der Waals surface area contributed by atoms with Gasteiger partial charge in [0.25, 0.3) is 5.91 Å². The molecule has 8 nitrogen and oxygen atoms in total. The Hall–Kier alpha value is -3.80. The van der Waals surface area contributed by atoms with Crippen molar-refractivity contribution in [2.45, 2.75) is 6.61 Å². The Bertz CT molecular complexity index is 1140. The van der Waals surface area contributed by atoms with Crippen LogP contribution in [-0.2, 0) is 9.59 Å². The molecule has 1 N–H and O–H groups in total. The first-order valence-electron chi connectivity index (χ1n) is 10.7. The summed E-state index contributed by atoms with van der Waals surface area (Å²) >= 11 is 0. The third-order valence-electron chi connectivity index (χ3n) is 5.27. The highest BCUT2D eigenvalue weighted by molar-refractivity contribution is 6.07. The fraction of sp³-hybridized carbons (Fsp3) is 0.304. The Kier molecular flexibility index (Phi) is 7.39. The molecule has 1 saturated heterocycles. The van der Waals surface area contributed by atoms with E-state index in [1.807, 2.05) is 4.90 Å². The molecule has 2 aliphatic rings. The van der Waals surface area contributed by atoms with Gasteiger partial charge in [0.05, 0.1) is 6.54 Å². The second-order valence-corrected chi connectivity index (χ2v) is 7.65. The van der Waals surface area contributed by atoms with Crippen LogP contribution in [0.2, 0.25) is 0 Å². The minimum absolute atomic E-state index is 0.0494. The molecule has 0 bridgehead atoms. The van der Waals surface area contributed by atoms with Crippen LogP contribution < -0.4 is 24.4 Å². The lowest BCUT2D eigenvalue weighted by Gasteiger charge is -2.26. The number of piperazine rings is 1. The number of amides is 2. The number of carbonyl (C=O) groups is 2. The zero-order valence-corrected chi connectivity index (χ0v) is 18.3. The lowest BCUT2D eigenvalue weighted by atomic mass is 10.2. The molecule has 0 saturated carbocycles. The summed E-state index contributed by atoms with van der Waals surface area (Å²) in [4.78, 5) is 27.3. The quantitative estimate of drug-likeness (QED) is 0.539. The van der Waals surface area contributed by atoms with Crippen molar-refractivity contribution in [2.75, 3.05) is 44.2 Å². The van der Waals surface area contributed by atoms with Crippen molar-refractivity contribution in [1.82, 2.24) is 10.2 Å². The average Bonchev–Trinajstić information content (AvgIpc) is 3.17. The summed E-state index contributed by atoms with van der Waals surface area (Å²) in [5.41, 5.74) is 0.242. The van der Waals surface area contributed by atoms with E-state index in [4.69, 9.17) is 9.47 Å². The van der Waals surface area contributed by atoms with Crippen molar-refractivity contribution in [3.8, 4) is 17.2 Å². The Morgan fingerprint density at radius 2 is 1.86 bits per heavy atom. The van der Waals surface area contributed by atoms with Crippen LogP contribution in [0.3, 0.4) is 0 Å². The molecule has 0 aliphatic carbocycles. The van der Waals surface area contributed by atoms with Crippen LogP contribution in [0.15, 0.2) is 48.2 Å². The molecule has 186 valence electrons. The fourth-order valence-corrected chi connectivity index (χ4v) is 3.59. The van der Waals surface area contributed by atoms with E-state index in [2.05, 4.69) is 10.1 Å². The number of hydrogen-bond donors (Lipinski definition) is 1. The van der Waals surface area contributed by atoms with Gasteiger partial charge in [0, 0.05) is 44.0 Å². The minimum atomic E-state index is -3.13. The number of benzene rings is 2. The zero-order valence-electron chi connectivity index (χ0n) is 18.3. The number of rotatable bonds is 9. The van der Waals surface area contributed by atoms with Crippen LogP contribution in [0.1, 0.15) is 0 Å². The van der Waals surface area contributed by atoms with E-state index in [-0.39, 0.29) is 54.3 Å². The van der Waals surface area contributed by atoms with Crippen LogP contribution in [0.4, 0.5) is 23.2 Å². The monoisotopic (exact) mass is 495 g/mol. The second-order valence-electron chi connectivity index (χ2n) is 7.65. The Labute approximate surface area is 197 Å². The van der Waals surface area contributed by atoms with Crippen LogP contribution >= 0.6 is 0 Å². The van der Waals surface area contributed by atoms with Gasteiger partial charge in [-0.15, -0.1) is 0 Å². The maximum Gasteiger partial charge on any atom is 0.387 e. The second kappa shape index (κ2) is 10.6. The van der Waals surface area contributed by atoms with E-state index < -0.39 is 24.2 Å². The molecule has 0 unspecified atom stereocenters. The number of halogens is 4. The first-order valence-corrected chi connectivity index (χ1v) is 10.7. The molecule has 0 aromatic heterocycles. The van der Waals surface area contributed by atoms with Gasteiger partial charge in [-0.1, -0.05) is 0 Å². The van der Waals surface area contributed by atoms with Gasteiger partial charge in [-0.2, -0.15) is 8.78 Å². The summed E-state index contributed by atoms with van der Waals surface area (Å²) in [6, 6.07) is 6.98. The molecule has 35 heavy (non-hydrogen) atoms. The molecule has 2 aliphatic heterocycles. The number of nitrogens with one attached hydrogen (secondary N) is 1. The summed E-state index contributed by atoms with van der Waals surface area (Å²) < 4.78 is 68.1. The standard InChI is InChI=1S/C23H21F4N3O5/c24-16-3-2-15(12-17(16)25)34-19-5-7-30(22(19)32)14-1-4-18(20(11-14)35-23(26)27)33-10-9-29-8-6-28-21(31)13-29/h1-5,11-12,23H,6-10,13H2,(H,28,31). The summed E-state index contributed by atoms with van der Waals surface area (Å²) in [6.07, 6.45) is 1.43. The normalized spacial score (nSPS) is 16.4. The SMILES string of the molecule is O=C1CN(CCOc2ccc(N3CC=C(Oc4ccc(F)c(F)c4)C3=O)cc2OC(F)F)CCN1. The molecule has 0 spiro atoms. The number of alkyl halides is 2. The predicted octanol–water partition coefficient (Wildman–Crippen LogP) is 2.69. The maximum atomic E-state index is 13.4. The van der Waals surface area contributed by atoms with E-state index >= 15 is 0 Å². The van der Waals surface area contributed by atoms with Gasteiger partial charge in [-0.25, -0.2) is 8.78 Å². The fourth-order valence-electron chi connectivity index (χ4n) is 3.59. The number of carbonyl (C=O) groups excluding carboxylic acids is 2. The van der Waals surface area contributed by atoms with E-state index in [9.17, 15) is 27.2 Å². The van der Waals surface area contributed by atoms with Crippen LogP contribution in [-0.4, -0.2) is 62.7 Å². The Morgan fingerprint density at radius 1 is 1.03 bits per heavy atom. The molecule has 2 heterocycles. The van der Waals surface area contributed by atoms with Crippen molar-refractivity contribution in [2.24, 2.45) is 0 Å². The van der Waals surface area contributed by atoms with Crippen LogP contribution in [0, 0.1) is 11.6 Å². The molecule has 12 heteroatoms. The first kappa shape index (κ1) is 24.3. The third kappa shape index (κ3) is 6.01. The number of anilines is 1. The molecular weight excluding hydrogens is 474 g/mol. The summed E-state index contributed by atoms with van der Waals surface area (Å²) in [6.45, 7) is -1.14. The van der Waals surface area contributed by atoms with Crippen molar-refractivity contribution < 1.29 is 41.4 Å². The Morgan fingerprint density at radius 3 is 2.60 bits per heavy atom. The van der Waals surface area contributed by atoms with Crippen molar-refractivity contribution >= 4 is 17.5 Å². The van der Waals surface area contributed by atoms with Crippen LogP contribution in [0.25, 0.3) is 0 Å². The zero-order chi connectivity index (χ0) is 24.9. The highest BCUT2D eigenvalue weighted by Crippen LogP contribution is 2.35. The molecule has 2 aromatic carbocycles. The Balaban J connectivity index is 1.42. The third-order valence-corrected chi connectivity index (χ3v) is 5.27. The van der Waals surface area contributed by atoms with E-state index in [1.54, 1.807) is 0 Å². The van der Waals surface area contributed by atoms with Crippen molar-refractivity contribution in [3.63, 3.8) is 0 Å². The van der Waals surface area contributed by atoms with E-state index in [0.717, 1.165) is 12.1 Å². The maximum absolute atomic E-state index is 13.4. The van der Waals surface area contributed by atoms with Gasteiger partial charge in [0.15, 0.2) is 28.9 Å². The molecule has 2 aromatic rings. The van der Waals surface area contributed by atoms with Gasteiger partial charge in [-0.3, -0.25) is 14.5 Å². The highest BCUT2D eigenvalue weighted by atomic mass is 19.3. The lowest BCUT2D eigenvalue weighted by Crippen LogP contribution is -2.48. The van der Waals surface area contributed by atoms with Crippen molar-refractivity contribution in [3.05, 3.63) is 59.9 Å². The predicted molar refractivity (Wildman–Crippen MR) is 115 cm³/mol. The number of ether oxygens (including phenoxy) is 3. The molecule has 0 atom stereocenters. The van der Waals surface area contributed by atoms with Crippen molar-refractivity contribution in [1.29, 1.82) is 0 Å². The van der Waals surface area contributed by atoms with E-state index in [0.29, 0.717) is 19.6 Å². The lowest BCUT2D eigenvalue weighted by molar-refractivity contribution is -0.124. The summed E-state index contributed by atoms with van der Waals surface area (Å²) in [7, 11) is 0. The highest BCUT2D eigenvalue weighted by Gasteiger charge is 2.28. The summed E-state index contributed by atoms with van der Waals surface area (Å²) in [5, 5.41) is 2.71. The van der Waals surface area contributed by atoms with Gasteiger partial charge in [0.1, 0.15) is 12.4 Å². The topological polar surface area (TPSA) is 80.3 Å². The summed E-state index contributed by atoms with van der Waals surface area (Å²) in [5.74, 6) is -3.29. The van der Waals surface area contributed by atoms with Gasteiger partial charge in [0.2, 0.25) is 5.91 Å². The molecule has 4 rings (SSSR count). The van der Waals surface area contributed by atoms with Gasteiger partial charge in [-0.05, 0) is 30.3 Å². The minimum Gasteiger partial charge on any atom is -0.488 e. The van der Waals surface area contributed by atoms with E-state index in [1.165, 1.54) is 35.2 Å². The van der Waals surface area contributed by atoms with Crippen LogP contribution in [0.5, 0.6) is 17.2 Å².